The van der Waals surface area contributed by atoms with Gasteiger partial charge in [0.2, 0.25) is 23.6 Å². The molecule has 0 spiro atoms. The van der Waals surface area contributed by atoms with E-state index in [1.807, 2.05) is 0 Å². The molecule has 0 heterocycles. The first-order valence-corrected chi connectivity index (χ1v) is 27.5. The molecule has 0 aliphatic carbocycles. The number of aliphatic imine (C=N–C) groups is 2. The van der Waals surface area contributed by atoms with Crippen LogP contribution in [0.1, 0.15) is 92.8 Å². The average molecular weight is 1240 g/mol. The van der Waals surface area contributed by atoms with Gasteiger partial charge in [-0.15, -0.1) is 0 Å². The molecule has 0 radical (unpaired) electrons. The number of primary amides is 3. The minimum absolute atomic E-state index is 0.00411. The third kappa shape index (κ3) is 23.0. The first-order chi connectivity index (χ1) is 42.4. The summed E-state index contributed by atoms with van der Waals surface area (Å²) >= 11 is 0. The number of nitrogens with two attached hydrogens (primary N) is 8. The molecule has 480 valence electrons. The van der Waals surface area contributed by atoms with E-state index in [1.165, 1.54) is 101 Å². The van der Waals surface area contributed by atoms with Crippen molar-refractivity contribution in [1.29, 1.82) is 0 Å². The van der Waals surface area contributed by atoms with Crippen LogP contribution in [0.5, 0.6) is 23.0 Å². The SMILES string of the molecule is COc1ccc(NC(=O)[C@@H](CCCNC(N)=O)NC(=O)c2cc(NC(=O)[C@@H](CCCNC(N)=O)NC(=O)c3cc(NC(=O)[C@@H](CCCN=C(N)N)NC(=O)c4cc(NC(=O)[C@H](N)CCCN=C(N)N)ccc4OC)ccc3OC)ccc2OC)cc1C(N)=O. The van der Waals surface area contributed by atoms with Gasteiger partial charge >= 0.3 is 12.1 Å². The van der Waals surface area contributed by atoms with Crippen molar-refractivity contribution < 1.29 is 66.9 Å². The predicted octanol–water partition coefficient (Wildman–Crippen LogP) is -0.699. The van der Waals surface area contributed by atoms with Crippen molar-refractivity contribution >= 4 is 94.0 Å². The summed E-state index contributed by atoms with van der Waals surface area (Å²) in [5.74, 6) is -6.25. The number of benzene rings is 4. The molecule has 0 aliphatic heterocycles. The van der Waals surface area contributed by atoms with Crippen LogP contribution < -0.4 is 113 Å². The molecule has 25 N–H and O–H groups in total. The maximum atomic E-state index is 14.3. The highest BCUT2D eigenvalue weighted by molar-refractivity contribution is 6.08. The molecule has 33 heteroatoms. The van der Waals surface area contributed by atoms with Crippen LogP contribution >= 0.6 is 0 Å². The Morgan fingerprint density at radius 1 is 0.404 bits per heavy atom. The van der Waals surface area contributed by atoms with E-state index < -0.39 is 83.5 Å². The Balaban J connectivity index is 1.60. The van der Waals surface area contributed by atoms with Crippen LogP contribution in [0.25, 0.3) is 0 Å². The number of methoxy groups -OCH3 is 4. The zero-order valence-corrected chi connectivity index (χ0v) is 49.5. The molecule has 0 fully saturated rings. The van der Waals surface area contributed by atoms with Crippen LogP contribution in [0.15, 0.2) is 82.8 Å². The predicted molar refractivity (Wildman–Crippen MR) is 330 cm³/mol. The molecule has 0 saturated carbocycles. The smallest absolute Gasteiger partial charge is 0.312 e. The highest BCUT2D eigenvalue weighted by Gasteiger charge is 2.29. The largest absolute Gasteiger partial charge is 0.496 e. The lowest BCUT2D eigenvalue weighted by molar-refractivity contribution is -0.118. The van der Waals surface area contributed by atoms with Crippen molar-refractivity contribution in [3.63, 3.8) is 0 Å². The van der Waals surface area contributed by atoms with E-state index in [0.29, 0.717) is 6.42 Å². The zero-order chi connectivity index (χ0) is 65.7. The molecule has 12 amide bonds. The molecule has 4 atom stereocenters. The summed E-state index contributed by atoms with van der Waals surface area (Å²) in [4.78, 5) is 141. The van der Waals surface area contributed by atoms with Crippen LogP contribution in [0.2, 0.25) is 0 Å². The third-order valence-electron chi connectivity index (χ3n) is 12.9. The molecule has 4 aromatic carbocycles. The van der Waals surface area contributed by atoms with Gasteiger partial charge in [0.1, 0.15) is 41.1 Å². The van der Waals surface area contributed by atoms with Gasteiger partial charge < -0.3 is 113 Å². The number of rotatable bonds is 35. The minimum atomic E-state index is -1.37. The van der Waals surface area contributed by atoms with Crippen molar-refractivity contribution in [3.8, 4) is 23.0 Å². The molecule has 4 rings (SSSR count). The number of carbonyl (C=O) groups excluding carboxylic acids is 10. The van der Waals surface area contributed by atoms with Crippen molar-refractivity contribution in [2.24, 2.45) is 55.9 Å². The molecule has 0 unspecified atom stereocenters. The van der Waals surface area contributed by atoms with E-state index in [2.05, 4.69) is 57.8 Å². The average Bonchev–Trinajstić information content (AvgIpc) is 2.33. The van der Waals surface area contributed by atoms with Crippen LogP contribution in [0, 0.1) is 0 Å². The van der Waals surface area contributed by atoms with E-state index in [9.17, 15) is 47.9 Å². The topological polar surface area (TPSA) is 549 Å². The number of anilines is 4. The lowest BCUT2D eigenvalue weighted by Crippen LogP contribution is -2.45. The van der Waals surface area contributed by atoms with Gasteiger partial charge in [-0.2, -0.15) is 0 Å². The molecular formula is C56H77N19O14. The molecular weight excluding hydrogens is 1160 g/mol. The van der Waals surface area contributed by atoms with Crippen LogP contribution in [0.3, 0.4) is 0 Å². The molecule has 0 bridgehead atoms. The number of carbonyl (C=O) groups is 10. The Morgan fingerprint density at radius 2 is 0.697 bits per heavy atom. The molecule has 89 heavy (non-hydrogen) atoms. The van der Waals surface area contributed by atoms with Crippen LogP contribution in [-0.2, 0) is 19.2 Å². The normalized spacial score (nSPS) is 11.9. The van der Waals surface area contributed by atoms with Gasteiger partial charge in [-0.1, -0.05) is 0 Å². The maximum absolute atomic E-state index is 14.3. The summed E-state index contributed by atoms with van der Waals surface area (Å²) in [5.41, 5.74) is 43.8. The molecule has 4 aromatic rings. The van der Waals surface area contributed by atoms with Gasteiger partial charge in [-0.05, 0) is 124 Å². The zero-order valence-electron chi connectivity index (χ0n) is 49.5. The second-order valence-electron chi connectivity index (χ2n) is 19.4. The fraction of sp³-hybridized carbons (Fsp3) is 0.357. The van der Waals surface area contributed by atoms with E-state index in [4.69, 9.17) is 64.8 Å². The molecule has 0 aromatic heterocycles. The first kappa shape index (κ1) is 70.4. The fourth-order valence-electron chi connectivity index (χ4n) is 8.49. The van der Waals surface area contributed by atoms with Gasteiger partial charge in [0.15, 0.2) is 11.9 Å². The summed E-state index contributed by atoms with van der Waals surface area (Å²) in [6, 6.07) is 9.94. The standard InChI is InChI=1S/C56H77N19O14/c1-86-41-17-13-29(25-33(41)45(58)76)70-50(81)39(11-7-23-67-55(63)84)74-47(78)35-28-32(16-20-43(35)88-3)72-52(83)40(12-8-24-68-56(64)85)75-48(79)36-27-31(15-19-44(36)89-4)71-51(82)38(10-6-22-66-54(61)62)73-46(77)34-26-30(14-18-42(34)87-2)69-49(80)37(57)9-5-21-65-53(59)60/h13-20,25-28,37-40H,5-12,21-24,57H2,1-4H3,(H2,58,76)(H,69,80)(H,70,81)(H,71,82)(H,72,83)(H,73,77)(H,74,78)(H,75,79)(H4,59,60,65)(H4,61,62,66)(H3,63,67,84)(H3,64,68,85)/t37-,38-,39-,40-/m1/s1. The summed E-state index contributed by atoms with van der Waals surface area (Å²) in [6.45, 7) is 0.353. The Morgan fingerprint density at radius 3 is 1.00 bits per heavy atom. The maximum Gasteiger partial charge on any atom is 0.312 e. The second kappa shape index (κ2) is 35.4. The van der Waals surface area contributed by atoms with E-state index in [-0.39, 0.29) is 151 Å². The number of guanidine groups is 2. The second-order valence-corrected chi connectivity index (χ2v) is 19.4. The van der Waals surface area contributed by atoms with Crippen LogP contribution in [-0.4, -0.2) is 150 Å². The highest BCUT2D eigenvalue weighted by Crippen LogP contribution is 2.28. The number of ether oxygens (including phenoxy) is 4. The Kier molecular flexibility index (Phi) is 28.0. The van der Waals surface area contributed by atoms with Crippen molar-refractivity contribution in [2.45, 2.75) is 75.5 Å². The quantitative estimate of drug-likeness (QED) is 0.0154. The summed E-state index contributed by atoms with van der Waals surface area (Å²) in [6.07, 6.45) is 0.935. The lowest BCUT2D eigenvalue weighted by Gasteiger charge is -2.22. The molecule has 0 aliphatic rings. The monoisotopic (exact) mass is 1240 g/mol. The summed E-state index contributed by atoms with van der Waals surface area (Å²) in [5, 5.41) is 23.5. The minimum Gasteiger partial charge on any atom is -0.496 e. The van der Waals surface area contributed by atoms with Crippen molar-refractivity contribution in [1.82, 2.24) is 26.6 Å². The Labute approximate surface area is 511 Å². The van der Waals surface area contributed by atoms with Gasteiger partial charge in [0.05, 0.1) is 56.7 Å². The van der Waals surface area contributed by atoms with Crippen LogP contribution in [0.4, 0.5) is 32.3 Å². The highest BCUT2D eigenvalue weighted by atomic mass is 16.5. The number of urea groups is 2. The number of amides is 12. The Hall–Kier alpha value is -11.1. The molecule has 33 nitrogen and oxygen atoms in total. The summed E-state index contributed by atoms with van der Waals surface area (Å²) < 4.78 is 21.6. The number of hydrogen-bond donors (Lipinski definition) is 17. The number of nitrogens with one attached hydrogen (secondary N) is 9. The van der Waals surface area contributed by atoms with E-state index >= 15 is 0 Å². The van der Waals surface area contributed by atoms with E-state index in [0.717, 1.165) is 0 Å². The Bertz CT molecular complexity index is 3260. The number of nitrogens with zero attached hydrogens (tertiary/aromatic N) is 2. The van der Waals surface area contributed by atoms with Gasteiger partial charge in [0.25, 0.3) is 23.6 Å². The van der Waals surface area contributed by atoms with Gasteiger partial charge in [0, 0.05) is 48.9 Å². The fourth-order valence-corrected chi connectivity index (χ4v) is 8.49. The lowest BCUT2D eigenvalue weighted by atomic mass is 10.1. The van der Waals surface area contributed by atoms with E-state index in [1.54, 1.807) is 0 Å². The molecule has 0 saturated heterocycles. The van der Waals surface area contributed by atoms with Gasteiger partial charge in [-0.25, -0.2) is 9.59 Å². The van der Waals surface area contributed by atoms with Crippen molar-refractivity contribution in [2.75, 3.05) is 75.9 Å². The third-order valence-corrected chi connectivity index (χ3v) is 12.9. The van der Waals surface area contributed by atoms with Crippen molar-refractivity contribution in [3.05, 3.63) is 95.1 Å². The number of hydrogen-bond acceptors (Lipinski definition) is 17. The van der Waals surface area contributed by atoms with Gasteiger partial charge in [-0.3, -0.25) is 48.3 Å². The first-order valence-electron chi connectivity index (χ1n) is 27.5. The summed E-state index contributed by atoms with van der Waals surface area (Å²) in [7, 11) is 5.21.